The number of amides is 1. The lowest BCUT2D eigenvalue weighted by Gasteiger charge is -2.14. The van der Waals surface area contributed by atoms with Gasteiger partial charge < -0.3 is 14.5 Å². The van der Waals surface area contributed by atoms with Crippen molar-refractivity contribution < 1.29 is 18.0 Å². The fourth-order valence-electron chi connectivity index (χ4n) is 3.23. The fourth-order valence-corrected chi connectivity index (χ4v) is 3.23. The molecule has 0 fully saturated rings. The van der Waals surface area contributed by atoms with Gasteiger partial charge in [0.1, 0.15) is 12.2 Å². The molecule has 0 spiro atoms. The monoisotopic (exact) mass is 408 g/mol. The van der Waals surface area contributed by atoms with Gasteiger partial charge in [0, 0.05) is 30.6 Å². The molecule has 1 N–H and O–H groups in total. The highest BCUT2D eigenvalue weighted by atomic mass is 19.4. The lowest BCUT2D eigenvalue weighted by molar-refractivity contribution is -0.147. The summed E-state index contributed by atoms with van der Waals surface area (Å²) in [6, 6.07) is 4.18. The minimum atomic E-state index is -4.57. The second-order valence-corrected chi connectivity index (χ2v) is 7.35. The van der Waals surface area contributed by atoms with Gasteiger partial charge in [-0.15, -0.1) is 10.2 Å². The number of alkyl halides is 3. The molecule has 0 saturated heterocycles. The molecule has 0 radical (unpaired) electrons. The van der Waals surface area contributed by atoms with Gasteiger partial charge >= 0.3 is 6.18 Å². The Morgan fingerprint density at radius 3 is 2.52 bits per heavy atom. The maximum Gasteiger partial charge on any atom is 0.449 e. The van der Waals surface area contributed by atoms with Crippen molar-refractivity contribution in [2.24, 2.45) is 0 Å². The van der Waals surface area contributed by atoms with E-state index < -0.39 is 18.0 Å². The molecule has 1 amide bonds. The highest BCUT2D eigenvalue weighted by molar-refractivity contribution is 5.97. The first-order chi connectivity index (χ1) is 13.6. The van der Waals surface area contributed by atoms with Crippen molar-refractivity contribution in [3.63, 3.8) is 0 Å². The van der Waals surface area contributed by atoms with E-state index in [1.54, 1.807) is 20.2 Å². The van der Waals surface area contributed by atoms with Gasteiger partial charge in [-0.05, 0) is 45.9 Å². The Hall–Kier alpha value is -2.91. The SMILES string of the molecule is CC(C)n1cnnc1CCNC(=O)c1ccc2c(c1)nc(C(F)(F)F)n2C(C)C. The zero-order valence-corrected chi connectivity index (χ0v) is 16.7. The minimum absolute atomic E-state index is 0.137. The van der Waals surface area contributed by atoms with Crippen LogP contribution in [-0.2, 0) is 12.6 Å². The summed E-state index contributed by atoms with van der Waals surface area (Å²) in [6.45, 7) is 7.66. The number of imidazole rings is 1. The molecule has 2 heterocycles. The number of carbonyl (C=O) groups excluding carboxylic acids is 1. The van der Waals surface area contributed by atoms with Crippen LogP contribution in [0.15, 0.2) is 24.5 Å². The van der Waals surface area contributed by atoms with Crippen LogP contribution < -0.4 is 5.32 Å². The van der Waals surface area contributed by atoms with Crippen LogP contribution >= 0.6 is 0 Å². The van der Waals surface area contributed by atoms with Crippen molar-refractivity contribution in [2.45, 2.75) is 52.4 Å². The van der Waals surface area contributed by atoms with Crippen molar-refractivity contribution in [2.75, 3.05) is 6.54 Å². The predicted octanol–water partition coefficient (Wildman–Crippen LogP) is 3.78. The number of fused-ring (bicyclic) bond motifs is 1. The van der Waals surface area contributed by atoms with Crippen molar-refractivity contribution in [3.05, 3.63) is 41.7 Å². The highest BCUT2D eigenvalue weighted by Crippen LogP contribution is 2.33. The van der Waals surface area contributed by atoms with E-state index in [-0.39, 0.29) is 23.0 Å². The molecule has 0 aliphatic rings. The molecule has 0 aliphatic carbocycles. The van der Waals surface area contributed by atoms with Gasteiger partial charge in [-0.3, -0.25) is 4.79 Å². The van der Waals surface area contributed by atoms with E-state index >= 15 is 0 Å². The number of nitrogens with zero attached hydrogens (tertiary/aromatic N) is 5. The van der Waals surface area contributed by atoms with E-state index in [2.05, 4.69) is 20.5 Å². The number of hydrogen-bond donors (Lipinski definition) is 1. The van der Waals surface area contributed by atoms with E-state index in [0.717, 1.165) is 10.4 Å². The zero-order chi connectivity index (χ0) is 21.3. The summed E-state index contributed by atoms with van der Waals surface area (Å²) in [4.78, 5) is 16.2. The van der Waals surface area contributed by atoms with Crippen molar-refractivity contribution in [3.8, 4) is 0 Å². The van der Waals surface area contributed by atoms with Gasteiger partial charge in [0.25, 0.3) is 5.91 Å². The van der Waals surface area contributed by atoms with Gasteiger partial charge in [0.15, 0.2) is 0 Å². The molecule has 156 valence electrons. The molecule has 2 aromatic heterocycles. The van der Waals surface area contributed by atoms with Crippen LogP contribution in [0.25, 0.3) is 11.0 Å². The lowest BCUT2D eigenvalue weighted by atomic mass is 10.2. The largest absolute Gasteiger partial charge is 0.449 e. The molecule has 0 aliphatic heterocycles. The number of benzene rings is 1. The van der Waals surface area contributed by atoms with Gasteiger partial charge in [-0.2, -0.15) is 13.2 Å². The van der Waals surface area contributed by atoms with Crippen molar-refractivity contribution in [1.29, 1.82) is 0 Å². The third kappa shape index (κ3) is 4.25. The Balaban J connectivity index is 1.77. The van der Waals surface area contributed by atoms with E-state index in [1.165, 1.54) is 18.2 Å². The molecule has 0 atom stereocenters. The van der Waals surface area contributed by atoms with E-state index in [9.17, 15) is 18.0 Å². The second-order valence-electron chi connectivity index (χ2n) is 7.35. The van der Waals surface area contributed by atoms with Crippen LogP contribution in [0.5, 0.6) is 0 Å². The first kappa shape index (κ1) is 20.8. The number of nitrogens with one attached hydrogen (secondary N) is 1. The summed E-state index contributed by atoms with van der Waals surface area (Å²) in [6.07, 6.45) is -2.44. The molecular weight excluding hydrogens is 385 g/mol. The standard InChI is InChI=1S/C19H23F3N6O/c1-11(2)27-10-24-26-16(27)7-8-23-17(29)13-5-6-15-14(9-13)25-18(19(20,21)22)28(15)12(3)4/h5-6,9-12H,7-8H2,1-4H3,(H,23,29). The topological polar surface area (TPSA) is 77.6 Å². The van der Waals surface area contributed by atoms with Gasteiger partial charge in [0.05, 0.1) is 11.0 Å². The summed E-state index contributed by atoms with van der Waals surface area (Å²) < 4.78 is 43.0. The lowest BCUT2D eigenvalue weighted by Crippen LogP contribution is -2.26. The number of carbonyl (C=O) groups is 1. The van der Waals surface area contributed by atoms with Gasteiger partial charge in [-0.1, -0.05) is 0 Å². The third-order valence-electron chi connectivity index (χ3n) is 4.56. The Morgan fingerprint density at radius 1 is 1.17 bits per heavy atom. The van der Waals surface area contributed by atoms with Crippen molar-refractivity contribution >= 4 is 16.9 Å². The summed E-state index contributed by atoms with van der Waals surface area (Å²) in [5, 5.41) is 10.7. The summed E-state index contributed by atoms with van der Waals surface area (Å²) >= 11 is 0. The molecule has 10 heteroatoms. The molecule has 0 unspecified atom stereocenters. The quantitative estimate of drug-likeness (QED) is 0.673. The van der Waals surface area contributed by atoms with E-state index in [4.69, 9.17) is 0 Å². The maximum absolute atomic E-state index is 13.3. The summed E-state index contributed by atoms with van der Waals surface area (Å²) in [5.41, 5.74) is 0.733. The fraction of sp³-hybridized carbons (Fsp3) is 0.474. The molecule has 7 nitrogen and oxygen atoms in total. The van der Waals surface area contributed by atoms with Crippen LogP contribution in [0.4, 0.5) is 13.2 Å². The minimum Gasteiger partial charge on any atom is -0.352 e. The smallest absolute Gasteiger partial charge is 0.352 e. The summed E-state index contributed by atoms with van der Waals surface area (Å²) in [5.74, 6) is -0.593. The van der Waals surface area contributed by atoms with Crippen LogP contribution in [0.3, 0.4) is 0 Å². The van der Waals surface area contributed by atoms with Crippen LogP contribution in [0.1, 0.15) is 61.8 Å². The number of hydrogen-bond acceptors (Lipinski definition) is 4. The Morgan fingerprint density at radius 2 is 1.90 bits per heavy atom. The average Bonchev–Trinajstić information content (AvgIpc) is 3.25. The van der Waals surface area contributed by atoms with Crippen molar-refractivity contribution in [1.82, 2.24) is 29.6 Å². The molecule has 3 rings (SSSR count). The molecular formula is C19H23F3N6O. The molecule has 0 saturated carbocycles. The Labute approximate surface area is 165 Å². The van der Waals surface area contributed by atoms with Crippen LogP contribution in [0.2, 0.25) is 0 Å². The Kier molecular flexibility index (Phi) is 5.63. The van der Waals surface area contributed by atoms with Crippen LogP contribution in [-0.4, -0.2) is 36.8 Å². The van der Waals surface area contributed by atoms with Gasteiger partial charge in [-0.25, -0.2) is 4.98 Å². The number of rotatable bonds is 6. The van der Waals surface area contributed by atoms with Crippen LogP contribution in [0, 0.1) is 0 Å². The van der Waals surface area contributed by atoms with Gasteiger partial charge in [0.2, 0.25) is 5.82 Å². The Bertz CT molecular complexity index is 1020. The number of aromatic nitrogens is 5. The first-order valence-electron chi connectivity index (χ1n) is 9.35. The normalized spacial score (nSPS) is 12.3. The number of halogens is 3. The molecule has 0 bridgehead atoms. The maximum atomic E-state index is 13.3. The molecule has 29 heavy (non-hydrogen) atoms. The second kappa shape index (κ2) is 7.84. The predicted molar refractivity (Wildman–Crippen MR) is 102 cm³/mol. The zero-order valence-electron chi connectivity index (χ0n) is 16.7. The summed E-state index contributed by atoms with van der Waals surface area (Å²) in [7, 11) is 0. The third-order valence-corrected chi connectivity index (χ3v) is 4.56. The highest BCUT2D eigenvalue weighted by Gasteiger charge is 2.38. The van der Waals surface area contributed by atoms with E-state index in [0.29, 0.717) is 18.5 Å². The molecule has 3 aromatic rings. The first-order valence-corrected chi connectivity index (χ1v) is 9.35. The average molecular weight is 408 g/mol. The van der Waals surface area contributed by atoms with E-state index in [1.807, 2.05) is 18.4 Å². The molecule has 1 aromatic carbocycles.